The van der Waals surface area contributed by atoms with Crippen molar-refractivity contribution in [3.63, 3.8) is 0 Å². The Hall–Kier alpha value is -1.67. The minimum absolute atomic E-state index is 0.514. The maximum atomic E-state index is 5.84. The Morgan fingerprint density at radius 3 is 2.28 bits per heavy atom. The molecule has 3 heteroatoms. The zero-order chi connectivity index (χ0) is 13.1. The quantitative estimate of drug-likeness (QED) is 0.803. The minimum atomic E-state index is 0.514. The molecule has 0 aromatic heterocycles. The molecule has 0 saturated heterocycles. The van der Waals surface area contributed by atoms with E-state index in [1.807, 2.05) is 12.1 Å². The number of nitrogens with two attached hydrogens (primary N) is 1. The molecule has 94 valence electrons. The van der Waals surface area contributed by atoms with E-state index in [-0.39, 0.29) is 0 Å². The summed E-state index contributed by atoms with van der Waals surface area (Å²) in [5, 5.41) is 0.606. The van der Waals surface area contributed by atoms with Crippen molar-refractivity contribution in [1.82, 2.24) is 0 Å². The van der Waals surface area contributed by atoms with Crippen molar-refractivity contribution in [2.75, 3.05) is 5.73 Å². The Kier molecular flexibility index (Phi) is 3.78. The Labute approximate surface area is 112 Å². The second-order valence-corrected chi connectivity index (χ2v) is 4.94. The van der Waals surface area contributed by atoms with Crippen molar-refractivity contribution in [3.05, 3.63) is 53.1 Å². The number of hydrogen-bond acceptors (Lipinski definition) is 2. The lowest BCUT2D eigenvalue weighted by atomic mass is 10.0. The topological polar surface area (TPSA) is 35.2 Å². The van der Waals surface area contributed by atoms with Crippen LogP contribution in [0.25, 0.3) is 0 Å². The molecule has 0 aliphatic rings. The van der Waals surface area contributed by atoms with Crippen molar-refractivity contribution in [2.24, 2.45) is 0 Å². The Bertz CT molecular complexity index is 535. The van der Waals surface area contributed by atoms with Crippen LogP contribution in [0.5, 0.6) is 11.5 Å². The second-order valence-electron chi connectivity index (χ2n) is 4.51. The van der Waals surface area contributed by atoms with Gasteiger partial charge in [-0.2, -0.15) is 0 Å². The molecule has 0 radical (unpaired) electrons. The Balaban J connectivity index is 2.18. The molecule has 2 N–H and O–H groups in total. The number of ether oxygens (including phenoxy) is 1. The smallest absolute Gasteiger partial charge is 0.150 e. The van der Waals surface area contributed by atoms with Gasteiger partial charge in [0.2, 0.25) is 0 Å². The summed E-state index contributed by atoms with van der Waals surface area (Å²) in [4.78, 5) is 0. The first-order valence-corrected chi connectivity index (χ1v) is 6.27. The summed E-state index contributed by atoms with van der Waals surface area (Å²) >= 11 is 5.84. The van der Waals surface area contributed by atoms with E-state index in [9.17, 15) is 0 Å². The van der Waals surface area contributed by atoms with E-state index < -0.39 is 0 Å². The first-order valence-electron chi connectivity index (χ1n) is 5.89. The van der Waals surface area contributed by atoms with E-state index in [1.54, 1.807) is 18.2 Å². The first-order chi connectivity index (χ1) is 8.56. The molecule has 2 rings (SSSR count). The largest absolute Gasteiger partial charge is 0.455 e. The van der Waals surface area contributed by atoms with Gasteiger partial charge in [-0.25, -0.2) is 0 Å². The summed E-state index contributed by atoms with van der Waals surface area (Å²) in [5.41, 5.74) is 7.66. The Morgan fingerprint density at radius 1 is 1.06 bits per heavy atom. The molecule has 0 bridgehead atoms. The van der Waals surface area contributed by atoms with Crippen LogP contribution in [0, 0.1) is 0 Å². The molecule has 18 heavy (non-hydrogen) atoms. The summed E-state index contributed by atoms with van der Waals surface area (Å²) in [6, 6.07) is 13.2. The zero-order valence-electron chi connectivity index (χ0n) is 10.5. The van der Waals surface area contributed by atoms with Gasteiger partial charge in [0.05, 0.1) is 5.69 Å². The maximum absolute atomic E-state index is 5.84. The summed E-state index contributed by atoms with van der Waals surface area (Å²) in [5.74, 6) is 1.91. The predicted octanol–water partition coefficient (Wildman–Crippen LogP) is 4.84. The van der Waals surface area contributed by atoms with Crippen molar-refractivity contribution in [2.45, 2.75) is 19.8 Å². The standard InChI is InChI=1S/C15H16ClNO/c1-10(2)11-3-6-13(7-4-11)18-15-8-5-12(16)9-14(15)17/h3-10H,17H2,1-2H3. The van der Waals surface area contributed by atoms with E-state index in [2.05, 4.69) is 26.0 Å². The molecule has 0 aliphatic carbocycles. The molecule has 0 heterocycles. The molecule has 0 unspecified atom stereocenters. The predicted molar refractivity (Wildman–Crippen MR) is 76.5 cm³/mol. The third-order valence-corrected chi connectivity index (χ3v) is 2.98. The van der Waals surface area contributed by atoms with Gasteiger partial charge in [0.25, 0.3) is 0 Å². The molecule has 0 amide bonds. The molecule has 0 fully saturated rings. The van der Waals surface area contributed by atoms with Crippen molar-refractivity contribution >= 4 is 17.3 Å². The number of halogens is 1. The second kappa shape index (κ2) is 5.32. The van der Waals surface area contributed by atoms with Crippen molar-refractivity contribution in [1.29, 1.82) is 0 Å². The van der Waals surface area contributed by atoms with Crippen LogP contribution < -0.4 is 10.5 Å². The number of anilines is 1. The van der Waals surface area contributed by atoms with Crippen LogP contribution in [0.2, 0.25) is 5.02 Å². The summed E-state index contributed by atoms with van der Waals surface area (Å²) in [6.07, 6.45) is 0. The number of hydrogen-bond donors (Lipinski definition) is 1. The third kappa shape index (κ3) is 2.96. The molecule has 2 aromatic carbocycles. The van der Waals surface area contributed by atoms with Crippen molar-refractivity contribution in [3.8, 4) is 11.5 Å². The average molecular weight is 262 g/mol. The van der Waals surface area contributed by atoms with Gasteiger partial charge in [-0.15, -0.1) is 0 Å². The third-order valence-electron chi connectivity index (χ3n) is 2.75. The molecular formula is C15H16ClNO. The summed E-state index contributed by atoms with van der Waals surface area (Å²) < 4.78 is 5.72. The number of nitrogen functional groups attached to an aromatic ring is 1. The van der Waals surface area contributed by atoms with Crippen LogP contribution in [0.1, 0.15) is 25.3 Å². The monoisotopic (exact) mass is 261 g/mol. The molecule has 0 spiro atoms. The van der Waals surface area contributed by atoms with Gasteiger partial charge in [-0.1, -0.05) is 37.6 Å². The molecule has 0 aliphatic heterocycles. The maximum Gasteiger partial charge on any atom is 0.150 e. The van der Waals surface area contributed by atoms with E-state index in [0.717, 1.165) is 5.75 Å². The van der Waals surface area contributed by atoms with E-state index in [1.165, 1.54) is 5.56 Å². The molecule has 2 aromatic rings. The number of rotatable bonds is 3. The van der Waals surface area contributed by atoms with Gasteiger partial charge in [0, 0.05) is 5.02 Å². The minimum Gasteiger partial charge on any atom is -0.455 e. The van der Waals surface area contributed by atoms with Crippen LogP contribution in [0.4, 0.5) is 5.69 Å². The van der Waals surface area contributed by atoms with Gasteiger partial charge < -0.3 is 10.5 Å². The zero-order valence-corrected chi connectivity index (χ0v) is 11.2. The summed E-state index contributed by atoms with van der Waals surface area (Å²) in [7, 11) is 0. The normalized spacial score (nSPS) is 10.7. The molecule has 0 atom stereocenters. The fourth-order valence-electron chi connectivity index (χ4n) is 1.66. The summed E-state index contributed by atoms with van der Waals surface area (Å²) in [6.45, 7) is 4.32. The highest BCUT2D eigenvalue weighted by Crippen LogP contribution is 2.30. The van der Waals surface area contributed by atoms with Crippen LogP contribution >= 0.6 is 11.6 Å². The van der Waals surface area contributed by atoms with Crippen LogP contribution in [-0.2, 0) is 0 Å². The molecule has 0 saturated carbocycles. The first kappa shape index (κ1) is 12.8. The number of benzene rings is 2. The lowest BCUT2D eigenvalue weighted by molar-refractivity contribution is 0.485. The van der Waals surface area contributed by atoms with Gasteiger partial charge in [-0.05, 0) is 41.8 Å². The highest BCUT2D eigenvalue weighted by Gasteiger charge is 2.04. The van der Waals surface area contributed by atoms with Gasteiger partial charge in [0.15, 0.2) is 0 Å². The van der Waals surface area contributed by atoms with Gasteiger partial charge in [-0.3, -0.25) is 0 Å². The molecule has 2 nitrogen and oxygen atoms in total. The fourth-order valence-corrected chi connectivity index (χ4v) is 1.84. The van der Waals surface area contributed by atoms with E-state index in [0.29, 0.717) is 22.4 Å². The van der Waals surface area contributed by atoms with E-state index >= 15 is 0 Å². The van der Waals surface area contributed by atoms with Crippen molar-refractivity contribution < 1.29 is 4.74 Å². The SMILES string of the molecule is CC(C)c1ccc(Oc2ccc(Cl)cc2N)cc1. The lowest BCUT2D eigenvalue weighted by Gasteiger charge is -2.10. The van der Waals surface area contributed by atoms with Crippen LogP contribution in [0.15, 0.2) is 42.5 Å². The van der Waals surface area contributed by atoms with Gasteiger partial charge >= 0.3 is 0 Å². The van der Waals surface area contributed by atoms with E-state index in [4.69, 9.17) is 22.1 Å². The van der Waals surface area contributed by atoms with Crippen LogP contribution in [-0.4, -0.2) is 0 Å². The lowest BCUT2D eigenvalue weighted by Crippen LogP contribution is -1.92. The van der Waals surface area contributed by atoms with Gasteiger partial charge in [0.1, 0.15) is 11.5 Å². The van der Waals surface area contributed by atoms with Crippen LogP contribution in [0.3, 0.4) is 0 Å². The average Bonchev–Trinajstić information content (AvgIpc) is 2.33. The fraction of sp³-hybridized carbons (Fsp3) is 0.200. The molecular weight excluding hydrogens is 246 g/mol. The highest BCUT2D eigenvalue weighted by atomic mass is 35.5. The highest BCUT2D eigenvalue weighted by molar-refractivity contribution is 6.30. The Morgan fingerprint density at radius 2 is 1.72 bits per heavy atom.